The first-order valence-corrected chi connectivity index (χ1v) is 4.52. The van der Waals surface area contributed by atoms with Crippen molar-refractivity contribution in [3.63, 3.8) is 0 Å². The van der Waals surface area contributed by atoms with E-state index in [4.69, 9.17) is 5.73 Å². The molecule has 0 aliphatic rings. The van der Waals surface area contributed by atoms with Crippen LogP contribution in [0.4, 0.5) is 11.9 Å². The van der Waals surface area contributed by atoms with Gasteiger partial charge in [0, 0.05) is 6.04 Å². The summed E-state index contributed by atoms with van der Waals surface area (Å²) in [6.45, 7) is 6.47. The second-order valence-corrected chi connectivity index (χ2v) is 3.72. The number of anilines is 2. The van der Waals surface area contributed by atoms with Crippen molar-refractivity contribution in [2.75, 3.05) is 11.1 Å². The Bertz CT molecular complexity index is 255. The summed E-state index contributed by atoms with van der Waals surface area (Å²) in [5.41, 5.74) is 5.39. The molecule has 74 valence electrons. The maximum absolute atomic E-state index is 5.39. The number of nitrogens with zero attached hydrogens (tertiary/aromatic N) is 2. The molecule has 4 N–H and O–H groups in total. The monoisotopic (exact) mass is 183 g/mol. The maximum atomic E-state index is 5.39. The molecular weight excluding hydrogens is 166 g/mol. The summed E-state index contributed by atoms with van der Waals surface area (Å²) in [5.74, 6) is 1.59. The third-order valence-electron chi connectivity index (χ3n) is 1.70. The van der Waals surface area contributed by atoms with Crippen molar-refractivity contribution in [1.82, 2.24) is 15.2 Å². The second kappa shape index (κ2) is 4.11. The van der Waals surface area contributed by atoms with Gasteiger partial charge in [0.25, 0.3) is 0 Å². The van der Waals surface area contributed by atoms with Crippen LogP contribution in [0.15, 0.2) is 0 Å². The van der Waals surface area contributed by atoms with Crippen LogP contribution in [-0.4, -0.2) is 21.2 Å². The van der Waals surface area contributed by atoms with E-state index >= 15 is 0 Å². The molecule has 0 aliphatic heterocycles. The number of aromatic nitrogens is 3. The predicted octanol–water partition coefficient (Wildman–Crippen LogP) is 1.23. The summed E-state index contributed by atoms with van der Waals surface area (Å²) in [6.07, 6.45) is 1.09. The summed E-state index contributed by atoms with van der Waals surface area (Å²) >= 11 is 0. The van der Waals surface area contributed by atoms with Crippen LogP contribution in [0.1, 0.15) is 27.2 Å². The highest BCUT2D eigenvalue weighted by molar-refractivity contribution is 5.30. The molecule has 0 radical (unpaired) electrons. The summed E-state index contributed by atoms with van der Waals surface area (Å²) < 4.78 is 0. The Balaban J connectivity index is 2.40. The molecule has 0 spiro atoms. The van der Waals surface area contributed by atoms with E-state index in [1.54, 1.807) is 0 Å². The van der Waals surface area contributed by atoms with Gasteiger partial charge in [-0.25, -0.2) is 5.10 Å². The number of nitrogen functional groups attached to an aromatic ring is 1. The van der Waals surface area contributed by atoms with Crippen molar-refractivity contribution in [3.8, 4) is 0 Å². The Morgan fingerprint density at radius 3 is 2.62 bits per heavy atom. The smallest absolute Gasteiger partial charge is 0.243 e. The standard InChI is InChI=1S/C8H17N5/c1-5(2)4-6(3)10-8-11-7(9)12-13-8/h5-6H,4H2,1-3H3,(H4,9,10,11,12,13). The highest BCUT2D eigenvalue weighted by atomic mass is 15.3. The van der Waals surface area contributed by atoms with Crippen molar-refractivity contribution in [3.05, 3.63) is 0 Å². The van der Waals surface area contributed by atoms with Crippen molar-refractivity contribution >= 4 is 11.9 Å². The van der Waals surface area contributed by atoms with Gasteiger partial charge in [0.15, 0.2) is 0 Å². The molecule has 0 saturated heterocycles. The van der Waals surface area contributed by atoms with E-state index in [-0.39, 0.29) is 0 Å². The van der Waals surface area contributed by atoms with E-state index in [9.17, 15) is 0 Å². The summed E-state index contributed by atoms with van der Waals surface area (Å²) in [5, 5.41) is 9.63. The average Bonchev–Trinajstić information content (AvgIpc) is 2.33. The predicted molar refractivity (Wildman–Crippen MR) is 53.3 cm³/mol. The minimum atomic E-state index is 0.347. The molecule has 1 rings (SSSR count). The van der Waals surface area contributed by atoms with Crippen LogP contribution in [0.5, 0.6) is 0 Å². The van der Waals surface area contributed by atoms with E-state index in [2.05, 4.69) is 41.3 Å². The van der Waals surface area contributed by atoms with Gasteiger partial charge in [-0.05, 0) is 19.3 Å². The Morgan fingerprint density at radius 2 is 2.15 bits per heavy atom. The first-order chi connectivity index (χ1) is 6.08. The maximum Gasteiger partial charge on any atom is 0.243 e. The first-order valence-electron chi connectivity index (χ1n) is 4.52. The Kier molecular flexibility index (Phi) is 3.11. The minimum absolute atomic E-state index is 0.347. The largest absolute Gasteiger partial charge is 0.368 e. The molecule has 5 heteroatoms. The number of H-pyrrole nitrogens is 1. The highest BCUT2D eigenvalue weighted by Crippen LogP contribution is 2.08. The van der Waals surface area contributed by atoms with Crippen LogP contribution in [0.3, 0.4) is 0 Å². The molecule has 1 unspecified atom stereocenters. The van der Waals surface area contributed by atoms with Crippen molar-refractivity contribution in [2.45, 2.75) is 33.2 Å². The average molecular weight is 183 g/mol. The summed E-state index contributed by atoms with van der Waals surface area (Å²) in [6, 6.07) is 0.371. The summed E-state index contributed by atoms with van der Waals surface area (Å²) in [4.78, 5) is 3.96. The number of aromatic amines is 1. The molecule has 0 bridgehead atoms. The van der Waals surface area contributed by atoms with E-state index in [1.807, 2.05) is 0 Å². The molecule has 1 heterocycles. The molecule has 13 heavy (non-hydrogen) atoms. The Morgan fingerprint density at radius 1 is 1.46 bits per heavy atom. The molecule has 1 atom stereocenters. The fourth-order valence-electron chi connectivity index (χ4n) is 1.33. The van der Waals surface area contributed by atoms with Crippen LogP contribution in [0.2, 0.25) is 0 Å². The van der Waals surface area contributed by atoms with Gasteiger partial charge < -0.3 is 11.1 Å². The van der Waals surface area contributed by atoms with Gasteiger partial charge in [-0.2, -0.15) is 4.98 Å². The van der Waals surface area contributed by atoms with Crippen LogP contribution < -0.4 is 11.1 Å². The normalized spacial score (nSPS) is 13.2. The van der Waals surface area contributed by atoms with Crippen molar-refractivity contribution in [1.29, 1.82) is 0 Å². The molecule has 5 nitrogen and oxygen atoms in total. The van der Waals surface area contributed by atoms with Crippen molar-refractivity contribution < 1.29 is 0 Å². The number of nitrogens with two attached hydrogens (primary N) is 1. The number of hydrogen-bond donors (Lipinski definition) is 3. The highest BCUT2D eigenvalue weighted by Gasteiger charge is 2.07. The zero-order chi connectivity index (χ0) is 9.84. The molecule has 1 aromatic rings. The first kappa shape index (κ1) is 9.83. The SMILES string of the molecule is CC(C)CC(C)Nc1n[nH]c(N)n1. The quantitative estimate of drug-likeness (QED) is 0.656. The van der Waals surface area contributed by atoms with Crippen molar-refractivity contribution in [2.24, 2.45) is 5.92 Å². The van der Waals surface area contributed by atoms with E-state index in [1.165, 1.54) is 0 Å². The lowest BCUT2D eigenvalue weighted by molar-refractivity contribution is 0.538. The lowest BCUT2D eigenvalue weighted by atomic mass is 10.1. The van der Waals surface area contributed by atoms with Gasteiger partial charge in [0.05, 0.1) is 0 Å². The molecule has 0 saturated carbocycles. The molecule has 0 aromatic carbocycles. The van der Waals surface area contributed by atoms with Gasteiger partial charge in [0.2, 0.25) is 11.9 Å². The lowest BCUT2D eigenvalue weighted by Gasteiger charge is -2.13. The molecule has 0 aliphatic carbocycles. The minimum Gasteiger partial charge on any atom is -0.368 e. The third-order valence-corrected chi connectivity index (χ3v) is 1.70. The number of nitrogens with one attached hydrogen (secondary N) is 2. The van der Waals surface area contributed by atoms with Crippen LogP contribution in [0.25, 0.3) is 0 Å². The molecule has 0 amide bonds. The van der Waals surface area contributed by atoms with Gasteiger partial charge in [-0.1, -0.05) is 13.8 Å². The topological polar surface area (TPSA) is 79.6 Å². The molecular formula is C8H17N5. The fraction of sp³-hybridized carbons (Fsp3) is 0.750. The van der Waals surface area contributed by atoms with Gasteiger partial charge in [0.1, 0.15) is 0 Å². The van der Waals surface area contributed by atoms with Crippen LogP contribution >= 0.6 is 0 Å². The van der Waals surface area contributed by atoms with E-state index < -0.39 is 0 Å². The van der Waals surface area contributed by atoms with Gasteiger partial charge >= 0.3 is 0 Å². The zero-order valence-corrected chi connectivity index (χ0v) is 8.33. The van der Waals surface area contributed by atoms with Gasteiger partial charge in [-0.15, -0.1) is 5.10 Å². The Hall–Kier alpha value is -1.26. The van der Waals surface area contributed by atoms with E-state index in [0.717, 1.165) is 6.42 Å². The lowest BCUT2D eigenvalue weighted by Crippen LogP contribution is -2.18. The Labute approximate surface area is 78.1 Å². The number of hydrogen-bond acceptors (Lipinski definition) is 4. The second-order valence-electron chi connectivity index (χ2n) is 3.72. The molecule has 0 fully saturated rings. The molecule has 1 aromatic heterocycles. The van der Waals surface area contributed by atoms with Gasteiger partial charge in [-0.3, -0.25) is 0 Å². The van der Waals surface area contributed by atoms with Crippen LogP contribution in [0, 0.1) is 5.92 Å². The number of rotatable bonds is 4. The summed E-state index contributed by atoms with van der Waals surface area (Å²) in [7, 11) is 0. The third kappa shape index (κ3) is 3.31. The zero-order valence-electron chi connectivity index (χ0n) is 8.33. The fourth-order valence-corrected chi connectivity index (χ4v) is 1.33. The van der Waals surface area contributed by atoms with E-state index in [0.29, 0.717) is 23.9 Å². The van der Waals surface area contributed by atoms with Crippen LogP contribution in [-0.2, 0) is 0 Å².